The molecule has 10 aromatic carbocycles. The predicted molar refractivity (Wildman–Crippen MR) is 481 cm³/mol. The Morgan fingerprint density at radius 2 is 0.632 bits per heavy atom. The van der Waals surface area contributed by atoms with Gasteiger partial charge in [-0.25, -0.2) is 43.9 Å². The molecule has 5 atom stereocenters. The molecule has 698 valence electrons. The van der Waals surface area contributed by atoms with Crippen molar-refractivity contribution in [2.45, 2.75) is 83.0 Å². The molecule has 136 heavy (non-hydrogen) atoms. The highest BCUT2D eigenvalue weighted by atomic mass is 35.5. The van der Waals surface area contributed by atoms with Crippen molar-refractivity contribution < 1.29 is 122 Å². The first kappa shape index (κ1) is 95.9. The number of primary amides is 1. The largest absolute Gasteiger partial charge is 0.503 e. The van der Waals surface area contributed by atoms with Gasteiger partial charge in [-0.15, -0.1) is 0 Å². The van der Waals surface area contributed by atoms with Crippen LogP contribution in [0.15, 0.2) is 152 Å². The van der Waals surface area contributed by atoms with Gasteiger partial charge in [-0.2, -0.15) is 0 Å². The van der Waals surface area contributed by atoms with Crippen LogP contribution in [0.1, 0.15) is 140 Å². The number of hydrogen-bond donors (Lipinski definition) is 10. The van der Waals surface area contributed by atoms with E-state index in [0.717, 1.165) is 117 Å². The molecule has 5 heterocycles. The van der Waals surface area contributed by atoms with E-state index < -0.39 is 332 Å². The number of carboxylic acids is 1. The fraction of sp³-hybridized carbons (Fsp3) is 0.167. The summed E-state index contributed by atoms with van der Waals surface area (Å²) >= 11 is 33.1. The zero-order valence-corrected chi connectivity index (χ0v) is 75.2. The second-order valence-electron chi connectivity index (χ2n) is 31.9. The standard InChI is InChI=1S/C96H68Cl5F10N9O16/c1-9-26-115-84(126)72(62-37(3)116(85(127)42-16-11-21-47(97)27-42)57-32-52(102)79(121)74(107)64(57)62)95(92(135)114-10-2,70-40(6)119(88(130)45-19-14-24-50(100)30-45)60-35-55(105)82(124)77(110)67(60)70)96(93(136)113-8,71-41(7)120(89(131)46-20-15-25-51(101)31-46)61-36-56(106)83(125)78(111)68(61)71)94(91(112)134,69-39(5)118(87(129)44-18-13-23-49(99)29-44)59-34-54(104)81(123)76(109)66(59)69)73(90(132)133)63-38(4)117(86(128)43-17-12-22-48(98)28-43)58-33-53(103)80(122)75(108)65(58)63/h11-25,27-36,72-73,121-125H,9-10,26H2,1-8H3,(H2,112,134)(H,113,136)(H,114,135)(H,115,126)(H,132,133). The van der Waals surface area contributed by atoms with Gasteiger partial charge in [0.15, 0.2) is 86.9 Å². The van der Waals surface area contributed by atoms with Crippen LogP contribution < -0.4 is 21.7 Å². The number of nitrogens with zero attached hydrogens (tertiary/aromatic N) is 5. The van der Waals surface area contributed by atoms with E-state index in [2.05, 4.69) is 16.0 Å². The van der Waals surface area contributed by atoms with Gasteiger partial charge in [-0.3, -0.25) is 70.8 Å². The van der Waals surface area contributed by atoms with E-state index in [4.69, 9.17) is 63.7 Å². The Morgan fingerprint density at radius 1 is 0.368 bits per heavy atom. The third kappa shape index (κ3) is 13.9. The number of phenolic OH excluding ortho intramolecular Hbond substituents is 5. The Labute approximate surface area is 784 Å². The second-order valence-corrected chi connectivity index (χ2v) is 34.1. The average molecular weight is 1970 g/mol. The number of benzene rings is 10. The van der Waals surface area contributed by atoms with Crippen LogP contribution in [0, 0.1) is 92.8 Å². The molecule has 15 aromatic rings. The summed E-state index contributed by atoms with van der Waals surface area (Å²) in [5, 5.41) is 72.2. The number of amides is 4. The molecule has 4 amide bonds. The highest BCUT2D eigenvalue weighted by Crippen LogP contribution is 2.72. The van der Waals surface area contributed by atoms with Crippen LogP contribution in [0.2, 0.25) is 25.1 Å². The number of carbonyl (C=O) groups is 10. The van der Waals surface area contributed by atoms with Crippen LogP contribution >= 0.6 is 58.0 Å². The van der Waals surface area contributed by atoms with Crippen molar-refractivity contribution in [3.63, 3.8) is 0 Å². The lowest BCUT2D eigenvalue weighted by molar-refractivity contribution is -0.158. The SMILES string of the molecule is CCCNC(=O)C(c1c(C)n(C(=O)c2cccc(Cl)c2)c2cc(F)c(O)c(F)c12)C(C(=O)NCC)(c1c(C)n(C(=O)c2cccc(Cl)c2)c2cc(F)c(O)c(F)c12)C(C(=O)NC)(c1c(C)n(C(=O)c2cccc(Cl)c2)c2cc(F)c(O)c(F)c12)C(C(N)=O)(c1c(C)n(C(=O)c2cccc(Cl)c2)c2cc(F)c(O)c(F)c12)C(C(=O)O)c1c(C)n(C(=O)c2cccc(Cl)c2)c2cc(F)c(O)c(F)c12. The number of phenols is 5. The van der Waals surface area contributed by atoms with E-state index in [1.54, 1.807) is 0 Å². The highest BCUT2D eigenvalue weighted by molar-refractivity contribution is 6.33. The first-order valence-corrected chi connectivity index (χ1v) is 42.6. The number of aromatic hydroxyl groups is 5. The van der Waals surface area contributed by atoms with Crippen LogP contribution in [0.25, 0.3) is 54.5 Å². The van der Waals surface area contributed by atoms with Gasteiger partial charge >= 0.3 is 5.97 Å². The van der Waals surface area contributed by atoms with Gasteiger partial charge in [0.2, 0.25) is 23.6 Å². The zero-order chi connectivity index (χ0) is 99.2. The lowest BCUT2D eigenvalue weighted by Crippen LogP contribution is -2.79. The topological polar surface area (TPSA) is 379 Å². The Bertz CT molecular complexity index is 7890. The van der Waals surface area contributed by atoms with Gasteiger partial charge < -0.3 is 52.3 Å². The van der Waals surface area contributed by atoms with Crippen molar-refractivity contribution >= 4 is 172 Å². The third-order valence-electron chi connectivity index (χ3n) is 24.8. The van der Waals surface area contributed by atoms with Crippen LogP contribution in [0.3, 0.4) is 0 Å². The van der Waals surface area contributed by atoms with E-state index in [1.165, 1.54) is 25.1 Å². The number of rotatable bonds is 22. The lowest BCUT2D eigenvalue weighted by atomic mass is 9.36. The molecule has 0 saturated carbocycles. The average Bonchev–Trinajstić information content (AvgIpc) is 1.49. The van der Waals surface area contributed by atoms with Crippen molar-refractivity contribution in [2.75, 3.05) is 20.1 Å². The summed E-state index contributed by atoms with van der Waals surface area (Å²) in [4.78, 5) is 178. The summed E-state index contributed by atoms with van der Waals surface area (Å²) in [6, 6.07) is 21.4. The molecular weight excluding hydrogens is 1900 g/mol. The van der Waals surface area contributed by atoms with Crippen molar-refractivity contribution in [1.82, 2.24) is 38.8 Å². The number of carbonyl (C=O) groups excluding carboxylic acids is 9. The summed E-state index contributed by atoms with van der Waals surface area (Å²) < 4.78 is 190. The highest BCUT2D eigenvalue weighted by Gasteiger charge is 2.83. The van der Waals surface area contributed by atoms with Crippen molar-refractivity contribution in [2.24, 2.45) is 5.73 Å². The van der Waals surface area contributed by atoms with Crippen LogP contribution in [0.5, 0.6) is 28.7 Å². The van der Waals surface area contributed by atoms with Gasteiger partial charge in [-0.05, 0) is 150 Å². The summed E-state index contributed by atoms with van der Waals surface area (Å²) in [6.07, 6.45) is -0.425. The third-order valence-corrected chi connectivity index (χ3v) is 26.0. The van der Waals surface area contributed by atoms with E-state index in [1.807, 2.05) is 0 Å². The van der Waals surface area contributed by atoms with E-state index >= 15 is 91.8 Å². The summed E-state index contributed by atoms with van der Waals surface area (Å²) in [5.74, 6) is -64.8. The van der Waals surface area contributed by atoms with Crippen LogP contribution in [-0.2, 0) is 40.2 Å². The first-order valence-electron chi connectivity index (χ1n) is 40.7. The molecule has 0 aliphatic rings. The summed E-state index contributed by atoms with van der Waals surface area (Å²) in [6.45, 7) is 3.23. The monoisotopic (exact) mass is 1970 g/mol. The van der Waals surface area contributed by atoms with Crippen molar-refractivity contribution in [3.05, 3.63) is 319 Å². The molecule has 11 N–H and O–H groups in total. The molecule has 0 spiro atoms. The summed E-state index contributed by atoms with van der Waals surface area (Å²) in [7, 11) is 0.454. The fourth-order valence-corrected chi connectivity index (χ4v) is 20.7. The minimum Gasteiger partial charge on any atom is -0.503 e. The second kappa shape index (κ2) is 35.3. The van der Waals surface area contributed by atoms with E-state index in [0.29, 0.717) is 39.3 Å². The van der Waals surface area contributed by atoms with E-state index in [9.17, 15) is 30.6 Å². The smallest absolute Gasteiger partial charge is 0.312 e. The van der Waals surface area contributed by atoms with Gasteiger partial charge in [0.1, 0.15) is 22.2 Å². The first-order chi connectivity index (χ1) is 64.3. The number of aliphatic carboxylic acids is 1. The number of likely N-dealkylation sites (N-methyl/N-ethyl adjacent to an activating group) is 2. The normalized spacial score (nSPS) is 13.5. The Balaban J connectivity index is 1.45. The molecule has 0 aliphatic carbocycles. The molecule has 40 heteroatoms. The minimum atomic E-state index is -5.68. The maximum Gasteiger partial charge on any atom is 0.312 e. The minimum absolute atomic E-state index is 0.0710. The molecule has 25 nitrogen and oxygen atoms in total. The maximum atomic E-state index is 20.5. The summed E-state index contributed by atoms with van der Waals surface area (Å²) in [5.41, 5.74) is -36.1. The zero-order valence-electron chi connectivity index (χ0n) is 71.5. The molecular formula is C96H68Cl5F10N9O16. The Kier molecular flexibility index (Phi) is 24.9. The van der Waals surface area contributed by atoms with Crippen LogP contribution in [0.4, 0.5) is 43.9 Å². The predicted octanol–water partition coefficient (Wildman–Crippen LogP) is 18.3. The molecule has 5 aromatic heterocycles. The van der Waals surface area contributed by atoms with Crippen molar-refractivity contribution in [1.29, 1.82) is 0 Å². The quantitative estimate of drug-likeness (QED) is 0.0282. The number of carboxylic acid groups (broad SMARTS) is 1. The van der Waals surface area contributed by atoms with Gasteiger partial charge in [0.05, 0.1) is 33.5 Å². The fourth-order valence-electron chi connectivity index (χ4n) is 19.7. The number of fused-ring (bicyclic) bond motifs is 5. The Hall–Kier alpha value is -14.7. The number of nitrogens with two attached hydrogens (primary N) is 1. The van der Waals surface area contributed by atoms with Gasteiger partial charge in [-0.1, -0.05) is 95.3 Å². The Morgan fingerprint density at radius 3 is 0.904 bits per heavy atom. The van der Waals surface area contributed by atoms with Gasteiger partial charge in [0, 0.05) is 175 Å². The van der Waals surface area contributed by atoms with E-state index in [-0.39, 0.29) is 73.7 Å². The number of aromatic nitrogens is 5. The molecule has 0 bridgehead atoms. The molecule has 5 unspecified atom stereocenters. The molecule has 0 fully saturated rings. The molecule has 0 saturated heterocycles. The molecule has 0 aliphatic heterocycles. The molecule has 0 radical (unpaired) electrons. The maximum absolute atomic E-state index is 20.5. The lowest BCUT2D eigenvalue weighted by Gasteiger charge is -2.60. The molecule has 15 rings (SSSR count). The van der Waals surface area contributed by atoms with Gasteiger partial charge in [0.25, 0.3) is 29.5 Å². The number of halogens is 15. The number of hydrogen-bond acceptors (Lipinski definition) is 15. The van der Waals surface area contributed by atoms with Crippen LogP contribution in [-0.4, -0.2) is 133 Å². The number of nitrogens with one attached hydrogen (secondary N) is 3. The van der Waals surface area contributed by atoms with Crippen molar-refractivity contribution in [3.8, 4) is 28.7 Å².